The molecule has 114 valence electrons. The van der Waals surface area contributed by atoms with Crippen LogP contribution in [0.3, 0.4) is 0 Å². The molecule has 0 bridgehead atoms. The number of amides is 2. The first-order valence-corrected chi connectivity index (χ1v) is 7.18. The number of anilines is 1. The number of hydrogen-bond acceptors (Lipinski definition) is 3. The Morgan fingerprint density at radius 2 is 1.76 bits per heavy atom. The summed E-state index contributed by atoms with van der Waals surface area (Å²) < 4.78 is 5.24. The molecule has 21 heavy (non-hydrogen) atoms. The number of carbonyl (C=O) groups is 2. The predicted molar refractivity (Wildman–Crippen MR) is 81.0 cm³/mol. The molecule has 1 aliphatic carbocycles. The summed E-state index contributed by atoms with van der Waals surface area (Å²) in [5, 5.41) is 5.58. The first-order chi connectivity index (χ1) is 9.81. The van der Waals surface area contributed by atoms with Crippen LogP contribution >= 0.6 is 0 Å². The molecule has 5 heteroatoms. The Morgan fingerprint density at radius 3 is 2.24 bits per heavy atom. The molecule has 0 aliphatic heterocycles. The van der Waals surface area contributed by atoms with Crippen molar-refractivity contribution < 1.29 is 14.3 Å². The van der Waals surface area contributed by atoms with E-state index in [1.165, 1.54) is 0 Å². The van der Waals surface area contributed by atoms with E-state index in [0.29, 0.717) is 12.8 Å². The minimum Gasteiger partial charge on any atom is -0.444 e. The standard InChI is InChI=1S/C16H22N2O3/c1-15(2,3)21-14(20)18-16(10-7-11-16)13(19)17-12-8-5-4-6-9-12/h4-6,8-9H,7,10-11H2,1-3H3,(H,17,19)(H,18,20). The largest absolute Gasteiger partial charge is 0.444 e. The van der Waals surface area contributed by atoms with Gasteiger partial charge in [-0.15, -0.1) is 0 Å². The number of benzene rings is 1. The summed E-state index contributed by atoms with van der Waals surface area (Å²) in [5.41, 5.74) is -0.705. The highest BCUT2D eigenvalue weighted by atomic mass is 16.6. The lowest BCUT2D eigenvalue weighted by atomic mass is 9.76. The average Bonchev–Trinajstić information content (AvgIpc) is 2.32. The average molecular weight is 290 g/mol. The molecule has 0 heterocycles. The second-order valence-corrected chi connectivity index (χ2v) is 6.38. The second-order valence-electron chi connectivity index (χ2n) is 6.38. The van der Waals surface area contributed by atoms with Gasteiger partial charge in [0, 0.05) is 5.69 Å². The third kappa shape index (κ3) is 3.97. The van der Waals surface area contributed by atoms with E-state index < -0.39 is 17.2 Å². The Balaban J connectivity index is 2.00. The molecule has 2 N–H and O–H groups in total. The van der Waals surface area contributed by atoms with Gasteiger partial charge in [-0.2, -0.15) is 0 Å². The summed E-state index contributed by atoms with van der Waals surface area (Å²) >= 11 is 0. The van der Waals surface area contributed by atoms with E-state index >= 15 is 0 Å². The topological polar surface area (TPSA) is 67.4 Å². The van der Waals surface area contributed by atoms with Crippen molar-refractivity contribution in [3.63, 3.8) is 0 Å². The van der Waals surface area contributed by atoms with Crippen LogP contribution in [0.1, 0.15) is 40.0 Å². The zero-order chi connectivity index (χ0) is 15.5. The van der Waals surface area contributed by atoms with E-state index in [1.54, 1.807) is 20.8 Å². The summed E-state index contributed by atoms with van der Waals surface area (Å²) in [4.78, 5) is 24.3. The van der Waals surface area contributed by atoms with Gasteiger partial charge in [-0.1, -0.05) is 18.2 Å². The predicted octanol–water partition coefficient (Wildman–Crippen LogP) is 3.07. The molecule has 1 aromatic rings. The van der Waals surface area contributed by atoms with Crippen LogP contribution in [0.5, 0.6) is 0 Å². The van der Waals surface area contributed by atoms with Crippen molar-refractivity contribution in [2.24, 2.45) is 0 Å². The molecule has 1 aliphatic rings. The lowest BCUT2D eigenvalue weighted by molar-refractivity contribution is -0.125. The quantitative estimate of drug-likeness (QED) is 0.899. The molecule has 0 unspecified atom stereocenters. The van der Waals surface area contributed by atoms with Gasteiger partial charge in [-0.3, -0.25) is 4.79 Å². The van der Waals surface area contributed by atoms with E-state index in [-0.39, 0.29) is 5.91 Å². The fraction of sp³-hybridized carbons (Fsp3) is 0.500. The Bertz CT molecular complexity index is 516. The van der Waals surface area contributed by atoms with Crippen LogP contribution in [0.15, 0.2) is 30.3 Å². The minimum absolute atomic E-state index is 0.189. The maximum Gasteiger partial charge on any atom is 0.408 e. The highest BCUT2D eigenvalue weighted by molar-refractivity contribution is 6.00. The fourth-order valence-electron chi connectivity index (χ4n) is 2.21. The molecule has 2 amide bonds. The Hall–Kier alpha value is -2.04. The van der Waals surface area contributed by atoms with Gasteiger partial charge in [0.25, 0.3) is 0 Å². The lowest BCUT2D eigenvalue weighted by Gasteiger charge is -2.40. The second kappa shape index (κ2) is 5.76. The van der Waals surface area contributed by atoms with Gasteiger partial charge in [-0.25, -0.2) is 4.79 Å². The smallest absolute Gasteiger partial charge is 0.408 e. The zero-order valence-electron chi connectivity index (χ0n) is 12.7. The third-order valence-electron chi connectivity index (χ3n) is 3.41. The Morgan fingerprint density at radius 1 is 1.14 bits per heavy atom. The molecule has 0 atom stereocenters. The molecular formula is C16H22N2O3. The van der Waals surface area contributed by atoms with Crippen LogP contribution in [0, 0.1) is 0 Å². The normalized spacial score (nSPS) is 16.5. The molecule has 2 rings (SSSR count). The van der Waals surface area contributed by atoms with Crippen molar-refractivity contribution in [3.05, 3.63) is 30.3 Å². The van der Waals surface area contributed by atoms with Crippen LogP contribution in [0.25, 0.3) is 0 Å². The molecule has 1 aromatic carbocycles. The Kier molecular flexibility index (Phi) is 4.21. The Labute approximate surface area is 125 Å². The number of alkyl carbamates (subject to hydrolysis) is 1. The number of nitrogens with one attached hydrogen (secondary N) is 2. The van der Waals surface area contributed by atoms with Crippen molar-refractivity contribution in [3.8, 4) is 0 Å². The number of rotatable bonds is 3. The molecular weight excluding hydrogens is 268 g/mol. The summed E-state index contributed by atoms with van der Waals surface area (Å²) in [5.74, 6) is -0.189. The van der Waals surface area contributed by atoms with E-state index in [2.05, 4.69) is 10.6 Å². The monoisotopic (exact) mass is 290 g/mol. The van der Waals surface area contributed by atoms with Crippen molar-refractivity contribution in [1.82, 2.24) is 5.32 Å². The maximum atomic E-state index is 12.4. The molecule has 0 radical (unpaired) electrons. The number of ether oxygens (including phenoxy) is 1. The molecule has 1 saturated carbocycles. The minimum atomic E-state index is -0.849. The van der Waals surface area contributed by atoms with Crippen molar-refractivity contribution in [2.75, 3.05) is 5.32 Å². The van der Waals surface area contributed by atoms with E-state index in [0.717, 1.165) is 12.1 Å². The SMILES string of the molecule is CC(C)(C)OC(=O)NC1(C(=O)Nc2ccccc2)CCC1. The molecule has 0 saturated heterocycles. The summed E-state index contributed by atoms with van der Waals surface area (Å²) in [6.45, 7) is 5.39. The highest BCUT2D eigenvalue weighted by Crippen LogP contribution is 2.33. The van der Waals surface area contributed by atoms with Gasteiger partial charge in [0.15, 0.2) is 0 Å². The van der Waals surface area contributed by atoms with Crippen LogP contribution in [0.2, 0.25) is 0 Å². The van der Waals surface area contributed by atoms with Gasteiger partial charge >= 0.3 is 6.09 Å². The zero-order valence-corrected chi connectivity index (χ0v) is 12.7. The van der Waals surface area contributed by atoms with E-state index in [4.69, 9.17) is 4.74 Å². The number of carbonyl (C=O) groups excluding carboxylic acids is 2. The summed E-state index contributed by atoms with van der Waals surface area (Å²) in [6.07, 6.45) is 1.62. The van der Waals surface area contributed by atoms with Crippen LogP contribution in [-0.4, -0.2) is 23.1 Å². The lowest BCUT2D eigenvalue weighted by Crippen LogP contribution is -2.61. The van der Waals surface area contributed by atoms with Gasteiger partial charge in [0.2, 0.25) is 5.91 Å². The molecule has 5 nitrogen and oxygen atoms in total. The first-order valence-electron chi connectivity index (χ1n) is 7.18. The number of hydrogen-bond donors (Lipinski definition) is 2. The number of para-hydroxylation sites is 1. The van der Waals surface area contributed by atoms with Gasteiger partial charge < -0.3 is 15.4 Å². The van der Waals surface area contributed by atoms with Crippen molar-refractivity contribution >= 4 is 17.7 Å². The summed E-state index contributed by atoms with van der Waals surface area (Å²) in [7, 11) is 0. The van der Waals surface area contributed by atoms with Crippen LogP contribution < -0.4 is 10.6 Å². The third-order valence-corrected chi connectivity index (χ3v) is 3.41. The van der Waals surface area contributed by atoms with E-state index in [9.17, 15) is 9.59 Å². The van der Waals surface area contributed by atoms with Crippen LogP contribution in [0.4, 0.5) is 10.5 Å². The highest BCUT2D eigenvalue weighted by Gasteiger charge is 2.46. The van der Waals surface area contributed by atoms with Gasteiger partial charge in [0.05, 0.1) is 0 Å². The molecule has 1 fully saturated rings. The molecule has 0 aromatic heterocycles. The van der Waals surface area contributed by atoms with Gasteiger partial charge in [0.1, 0.15) is 11.1 Å². The van der Waals surface area contributed by atoms with Crippen molar-refractivity contribution in [1.29, 1.82) is 0 Å². The fourth-order valence-corrected chi connectivity index (χ4v) is 2.21. The maximum absolute atomic E-state index is 12.4. The van der Waals surface area contributed by atoms with Crippen molar-refractivity contribution in [2.45, 2.75) is 51.2 Å². The van der Waals surface area contributed by atoms with Gasteiger partial charge in [-0.05, 0) is 52.2 Å². The van der Waals surface area contributed by atoms with Crippen LogP contribution in [-0.2, 0) is 9.53 Å². The van der Waals surface area contributed by atoms with E-state index in [1.807, 2.05) is 30.3 Å². The molecule has 0 spiro atoms. The first kappa shape index (κ1) is 15.4. The summed E-state index contributed by atoms with van der Waals surface area (Å²) in [6, 6.07) is 9.22.